The molecule has 2 saturated carbocycles. The molecule has 6 atom stereocenters. The maximum absolute atomic E-state index is 14.7. The van der Waals surface area contributed by atoms with E-state index in [1.54, 1.807) is 4.90 Å². The van der Waals surface area contributed by atoms with Gasteiger partial charge in [0.1, 0.15) is 23.8 Å². The quantitative estimate of drug-likeness (QED) is 0.247. The van der Waals surface area contributed by atoms with E-state index in [9.17, 15) is 28.8 Å². The molecule has 258 valence electrons. The predicted octanol–water partition coefficient (Wildman–Crippen LogP) is 2.19. The van der Waals surface area contributed by atoms with Crippen molar-refractivity contribution in [2.45, 2.75) is 135 Å². The molecule has 2 aliphatic carbocycles. The van der Waals surface area contributed by atoms with Crippen LogP contribution in [0, 0.1) is 17.3 Å². The van der Waals surface area contributed by atoms with Crippen molar-refractivity contribution in [2.75, 3.05) is 0 Å². The van der Waals surface area contributed by atoms with E-state index in [4.69, 9.17) is 5.73 Å². The summed E-state index contributed by atoms with van der Waals surface area (Å²) in [6, 6.07) is -4.04. The van der Waals surface area contributed by atoms with Crippen LogP contribution < -0.4 is 21.7 Å². The number of amides is 5. The number of carbonyl (C=O) groups is 6. The van der Waals surface area contributed by atoms with Gasteiger partial charge in [0, 0.05) is 18.4 Å². The molecule has 4 unspecified atom stereocenters. The molecule has 13 nitrogen and oxygen atoms in total. The number of primary amides is 1. The van der Waals surface area contributed by atoms with Crippen molar-refractivity contribution in [3.05, 3.63) is 24.3 Å². The van der Waals surface area contributed by atoms with Gasteiger partial charge in [0.2, 0.25) is 23.5 Å². The van der Waals surface area contributed by atoms with Gasteiger partial charge < -0.3 is 26.6 Å². The number of Topliss-reactive ketones (excluding diaryl/α,β-unsaturated/α-hetero) is 1. The Labute approximate surface area is 277 Å². The zero-order valence-corrected chi connectivity index (χ0v) is 28.1. The van der Waals surface area contributed by atoms with Crippen molar-refractivity contribution in [1.82, 2.24) is 30.8 Å². The van der Waals surface area contributed by atoms with E-state index in [1.807, 2.05) is 27.7 Å². The highest BCUT2D eigenvalue weighted by molar-refractivity contribution is 6.37. The summed E-state index contributed by atoms with van der Waals surface area (Å²) in [4.78, 5) is 89.7. The zero-order valence-electron chi connectivity index (χ0n) is 28.1. The van der Waals surface area contributed by atoms with Crippen molar-refractivity contribution >= 4 is 35.3 Å². The number of likely N-dealkylation sites (tertiary alicyclic amines) is 1. The number of ketones is 1. The lowest BCUT2D eigenvalue weighted by atomic mass is 9.81. The van der Waals surface area contributed by atoms with E-state index in [0.717, 1.165) is 57.8 Å². The summed E-state index contributed by atoms with van der Waals surface area (Å²) in [6.45, 7) is 7.40. The van der Waals surface area contributed by atoms with E-state index in [-0.39, 0.29) is 35.9 Å². The number of hydrogen-bond donors (Lipinski definition) is 4. The van der Waals surface area contributed by atoms with Gasteiger partial charge in [-0.2, -0.15) is 0 Å². The second kappa shape index (κ2) is 15.8. The Morgan fingerprint density at radius 1 is 0.936 bits per heavy atom. The molecular weight excluding hydrogens is 602 g/mol. The van der Waals surface area contributed by atoms with Gasteiger partial charge in [0.05, 0.1) is 12.2 Å². The lowest BCUT2D eigenvalue weighted by Crippen LogP contribution is -2.63. The number of aromatic nitrogens is 2. The van der Waals surface area contributed by atoms with Crippen LogP contribution in [0.5, 0.6) is 0 Å². The number of fused-ring (bicyclic) bond motifs is 1. The third kappa shape index (κ3) is 8.72. The Morgan fingerprint density at radius 3 is 2.23 bits per heavy atom. The van der Waals surface area contributed by atoms with Gasteiger partial charge in [-0.1, -0.05) is 66.2 Å². The van der Waals surface area contributed by atoms with Gasteiger partial charge in [-0.15, -0.1) is 0 Å². The fourth-order valence-corrected chi connectivity index (χ4v) is 7.53. The number of rotatable bonds is 12. The van der Waals surface area contributed by atoms with Crippen LogP contribution >= 0.6 is 0 Å². The Hall–Kier alpha value is -3.90. The number of nitrogens with zero attached hydrogens (tertiary/aromatic N) is 3. The minimum Gasteiger partial charge on any atom is -0.363 e. The molecular formula is C34H51N7O6. The summed E-state index contributed by atoms with van der Waals surface area (Å²) in [5.41, 5.74) is 4.61. The van der Waals surface area contributed by atoms with Crippen LogP contribution in [0.1, 0.15) is 115 Å². The first kappa shape index (κ1) is 35.9. The molecule has 2 heterocycles. The molecule has 5 N–H and O–H groups in total. The van der Waals surface area contributed by atoms with E-state index >= 15 is 0 Å². The molecule has 1 aromatic rings. The van der Waals surface area contributed by atoms with E-state index in [0.29, 0.717) is 12.8 Å². The smallest absolute Gasteiger partial charge is 0.287 e. The highest BCUT2D eigenvalue weighted by atomic mass is 16.2. The first-order valence-electron chi connectivity index (χ1n) is 17.2. The number of nitrogens with one attached hydrogen (secondary N) is 3. The maximum atomic E-state index is 14.7. The summed E-state index contributed by atoms with van der Waals surface area (Å²) < 4.78 is 0. The van der Waals surface area contributed by atoms with E-state index in [2.05, 4.69) is 25.9 Å². The Kier molecular flexibility index (Phi) is 12.1. The van der Waals surface area contributed by atoms with Gasteiger partial charge in [0.25, 0.3) is 11.8 Å². The molecule has 0 bridgehead atoms. The van der Waals surface area contributed by atoms with Crippen LogP contribution in [0.15, 0.2) is 18.6 Å². The van der Waals surface area contributed by atoms with Gasteiger partial charge in [-0.05, 0) is 55.8 Å². The Balaban J connectivity index is 1.61. The standard InChI is InChI=1S/C34H51N7O6/c1-5-11-22(27(42)29(35)43)38-31(45)25-18-21-14-9-10-15-24(21)41(25)33(47)28(34(2,3)4)40-32(46)26(20-12-7-6-8-13-20)39-30(44)23-19-36-16-17-37-23/h16-17,19-22,24-26,28H,5-15,18H2,1-4H3,(H2,35,43)(H,38,45)(H,39,44)(H,40,46)/t21?,22?,24?,25-,26?,28+/m0/s1. The van der Waals surface area contributed by atoms with Crippen molar-refractivity contribution in [3.8, 4) is 0 Å². The minimum atomic E-state index is -1.12. The molecule has 47 heavy (non-hydrogen) atoms. The lowest BCUT2D eigenvalue weighted by Gasteiger charge is -2.40. The molecule has 0 spiro atoms. The molecule has 1 aromatic heterocycles. The second-order valence-corrected chi connectivity index (χ2v) is 14.4. The Morgan fingerprint density at radius 2 is 1.62 bits per heavy atom. The molecule has 13 heteroatoms. The van der Waals surface area contributed by atoms with Gasteiger partial charge >= 0.3 is 0 Å². The van der Waals surface area contributed by atoms with Crippen LogP contribution in [0.3, 0.4) is 0 Å². The third-order valence-corrected chi connectivity index (χ3v) is 9.98. The number of nitrogens with two attached hydrogens (primary N) is 1. The fourth-order valence-electron chi connectivity index (χ4n) is 7.53. The summed E-state index contributed by atoms with van der Waals surface area (Å²) in [5.74, 6) is -3.87. The van der Waals surface area contributed by atoms with Crippen LogP contribution in [0.25, 0.3) is 0 Å². The number of carbonyl (C=O) groups excluding carboxylic acids is 6. The van der Waals surface area contributed by atoms with Crippen LogP contribution in [-0.4, -0.2) is 80.4 Å². The largest absolute Gasteiger partial charge is 0.363 e. The highest BCUT2D eigenvalue weighted by Gasteiger charge is 2.51. The Bertz CT molecular complexity index is 1310. The SMILES string of the molecule is CCCC(NC(=O)[C@@H]1CC2CCCCC2N1C(=O)[C@@H](NC(=O)C(NC(=O)c1cnccn1)C1CCCCC1)C(C)(C)C)C(=O)C(N)=O. The lowest BCUT2D eigenvalue weighted by molar-refractivity contribution is -0.147. The predicted molar refractivity (Wildman–Crippen MR) is 173 cm³/mol. The summed E-state index contributed by atoms with van der Waals surface area (Å²) in [7, 11) is 0. The monoisotopic (exact) mass is 653 g/mol. The molecule has 0 aromatic carbocycles. The summed E-state index contributed by atoms with van der Waals surface area (Å²) in [5, 5.41) is 8.61. The average molecular weight is 654 g/mol. The van der Waals surface area contributed by atoms with Crippen molar-refractivity contribution < 1.29 is 28.8 Å². The molecule has 4 rings (SSSR count). The second-order valence-electron chi connectivity index (χ2n) is 14.4. The summed E-state index contributed by atoms with van der Waals surface area (Å²) in [6.07, 6.45) is 13.3. The first-order valence-corrected chi connectivity index (χ1v) is 17.2. The topological polar surface area (TPSA) is 194 Å². The van der Waals surface area contributed by atoms with Gasteiger partial charge in [-0.25, -0.2) is 4.98 Å². The first-order chi connectivity index (χ1) is 22.3. The molecule has 1 aliphatic heterocycles. The average Bonchev–Trinajstić information content (AvgIpc) is 3.45. The normalized spacial score (nSPS) is 23.5. The molecule has 3 aliphatic rings. The van der Waals surface area contributed by atoms with Gasteiger partial charge in [-0.3, -0.25) is 33.8 Å². The van der Waals surface area contributed by atoms with Crippen LogP contribution in [0.2, 0.25) is 0 Å². The van der Waals surface area contributed by atoms with Crippen molar-refractivity contribution in [2.24, 2.45) is 23.0 Å². The molecule has 1 saturated heterocycles. The highest BCUT2D eigenvalue weighted by Crippen LogP contribution is 2.41. The number of hydrogen-bond acceptors (Lipinski definition) is 8. The fraction of sp³-hybridized carbons (Fsp3) is 0.706. The van der Waals surface area contributed by atoms with E-state index < -0.39 is 59.0 Å². The summed E-state index contributed by atoms with van der Waals surface area (Å²) >= 11 is 0. The van der Waals surface area contributed by atoms with Crippen molar-refractivity contribution in [1.29, 1.82) is 0 Å². The molecule has 0 radical (unpaired) electrons. The van der Waals surface area contributed by atoms with Crippen molar-refractivity contribution in [3.63, 3.8) is 0 Å². The van der Waals surface area contributed by atoms with Crippen LogP contribution in [-0.2, 0) is 24.0 Å². The van der Waals surface area contributed by atoms with Gasteiger partial charge in [0.15, 0.2) is 0 Å². The maximum Gasteiger partial charge on any atom is 0.287 e. The van der Waals surface area contributed by atoms with E-state index in [1.165, 1.54) is 18.6 Å². The third-order valence-electron chi connectivity index (χ3n) is 9.98. The zero-order chi connectivity index (χ0) is 34.3. The van der Waals surface area contributed by atoms with Crippen LogP contribution in [0.4, 0.5) is 0 Å². The molecule has 5 amide bonds. The minimum absolute atomic E-state index is 0.0926. The molecule has 3 fully saturated rings.